The number of anilines is 1. The SMILES string of the molecule is Cc1c(N(Cc2ccc(OCc3ccccc3)cc2)Cc2ccc(F)cc2F)cccc1[N+](=O)[O-]. The average molecular weight is 475 g/mol. The Balaban J connectivity index is 1.58. The van der Waals surface area contributed by atoms with Crippen molar-refractivity contribution in [2.24, 2.45) is 0 Å². The molecule has 0 amide bonds. The van der Waals surface area contributed by atoms with Crippen LogP contribution in [0.3, 0.4) is 0 Å². The Morgan fingerprint density at radius 3 is 2.29 bits per heavy atom. The van der Waals surface area contributed by atoms with Crippen LogP contribution in [0.15, 0.2) is 91.0 Å². The van der Waals surface area contributed by atoms with Crippen molar-refractivity contribution in [3.05, 3.63) is 135 Å². The van der Waals surface area contributed by atoms with Crippen molar-refractivity contribution in [3.8, 4) is 5.75 Å². The molecule has 0 aromatic heterocycles. The molecule has 0 bridgehead atoms. The molecule has 0 saturated carbocycles. The maximum absolute atomic E-state index is 14.5. The number of hydrogen-bond donors (Lipinski definition) is 0. The van der Waals surface area contributed by atoms with Crippen LogP contribution >= 0.6 is 0 Å². The number of halogens is 2. The zero-order chi connectivity index (χ0) is 24.8. The summed E-state index contributed by atoms with van der Waals surface area (Å²) in [4.78, 5) is 12.9. The van der Waals surface area contributed by atoms with E-state index in [4.69, 9.17) is 4.74 Å². The first kappa shape index (κ1) is 23.9. The molecule has 4 rings (SSSR count). The summed E-state index contributed by atoms with van der Waals surface area (Å²) in [5.74, 6) is -0.613. The molecule has 4 aromatic carbocycles. The Hall–Kier alpha value is -4.26. The van der Waals surface area contributed by atoms with E-state index in [0.29, 0.717) is 35.7 Å². The van der Waals surface area contributed by atoms with Crippen LogP contribution in [0.25, 0.3) is 0 Å². The highest BCUT2D eigenvalue weighted by molar-refractivity contribution is 5.62. The van der Waals surface area contributed by atoms with E-state index in [1.54, 1.807) is 19.1 Å². The van der Waals surface area contributed by atoms with E-state index in [1.165, 1.54) is 18.2 Å². The van der Waals surface area contributed by atoms with Gasteiger partial charge >= 0.3 is 0 Å². The lowest BCUT2D eigenvalue weighted by Gasteiger charge is -2.27. The summed E-state index contributed by atoms with van der Waals surface area (Å²) in [6.45, 7) is 2.59. The van der Waals surface area contributed by atoms with E-state index >= 15 is 0 Å². The van der Waals surface area contributed by atoms with Gasteiger partial charge in [-0.15, -0.1) is 0 Å². The summed E-state index contributed by atoms with van der Waals surface area (Å²) in [6.07, 6.45) is 0. The van der Waals surface area contributed by atoms with Gasteiger partial charge in [0.25, 0.3) is 5.69 Å². The van der Waals surface area contributed by atoms with Crippen molar-refractivity contribution in [3.63, 3.8) is 0 Å². The minimum absolute atomic E-state index is 0.0169. The minimum Gasteiger partial charge on any atom is -0.489 e. The zero-order valence-electron chi connectivity index (χ0n) is 19.2. The highest BCUT2D eigenvalue weighted by Gasteiger charge is 2.19. The number of nitro benzene ring substituents is 1. The lowest BCUT2D eigenvalue weighted by molar-refractivity contribution is -0.385. The van der Waals surface area contributed by atoms with Crippen molar-refractivity contribution in [2.45, 2.75) is 26.6 Å². The monoisotopic (exact) mass is 474 g/mol. The topological polar surface area (TPSA) is 55.6 Å². The molecule has 0 N–H and O–H groups in total. The number of ether oxygens (including phenoxy) is 1. The first-order valence-corrected chi connectivity index (χ1v) is 11.1. The number of benzene rings is 4. The summed E-state index contributed by atoms with van der Waals surface area (Å²) in [6, 6.07) is 25.6. The number of hydrogen-bond acceptors (Lipinski definition) is 4. The highest BCUT2D eigenvalue weighted by Crippen LogP contribution is 2.31. The molecule has 0 fully saturated rings. The lowest BCUT2D eigenvalue weighted by Crippen LogP contribution is -2.24. The first-order valence-electron chi connectivity index (χ1n) is 11.1. The van der Waals surface area contributed by atoms with Crippen molar-refractivity contribution in [2.75, 3.05) is 4.90 Å². The van der Waals surface area contributed by atoms with E-state index in [1.807, 2.05) is 59.5 Å². The summed E-state index contributed by atoms with van der Waals surface area (Å²) in [5.41, 5.74) is 3.32. The number of nitrogens with zero attached hydrogens (tertiary/aromatic N) is 2. The standard InChI is InChI=1S/C28H24F2N2O3/c1-20-27(8-5-9-28(20)32(33)34)31(18-23-12-13-24(29)16-26(23)30)17-21-10-14-25(15-11-21)35-19-22-6-3-2-4-7-22/h2-16H,17-19H2,1H3. The molecule has 0 aliphatic rings. The normalized spacial score (nSPS) is 10.7. The summed E-state index contributed by atoms with van der Waals surface area (Å²) >= 11 is 0. The van der Waals surface area contributed by atoms with Gasteiger partial charge in [0.2, 0.25) is 0 Å². The Labute approximate surface area is 202 Å². The van der Waals surface area contributed by atoms with Gasteiger partial charge in [-0.2, -0.15) is 0 Å². The third kappa shape index (κ3) is 6.00. The quantitative estimate of drug-likeness (QED) is 0.194. The van der Waals surface area contributed by atoms with Crippen molar-refractivity contribution in [1.29, 1.82) is 0 Å². The van der Waals surface area contributed by atoms with Crippen LogP contribution in [-0.2, 0) is 19.7 Å². The van der Waals surface area contributed by atoms with Crippen LogP contribution in [0, 0.1) is 28.7 Å². The van der Waals surface area contributed by atoms with Crippen LogP contribution < -0.4 is 9.64 Å². The largest absolute Gasteiger partial charge is 0.489 e. The molecular formula is C28H24F2N2O3. The van der Waals surface area contributed by atoms with Crippen molar-refractivity contribution >= 4 is 11.4 Å². The van der Waals surface area contributed by atoms with Crippen LogP contribution in [0.1, 0.15) is 22.3 Å². The average Bonchev–Trinajstić information content (AvgIpc) is 2.85. The molecule has 0 unspecified atom stereocenters. The third-order valence-electron chi connectivity index (χ3n) is 5.74. The molecule has 0 saturated heterocycles. The second kappa shape index (κ2) is 10.8. The molecule has 0 heterocycles. The number of nitro groups is 1. The molecule has 4 aromatic rings. The zero-order valence-corrected chi connectivity index (χ0v) is 19.2. The van der Waals surface area contributed by atoms with Gasteiger partial charge in [-0.05, 0) is 42.3 Å². The Morgan fingerprint density at radius 2 is 1.60 bits per heavy atom. The molecule has 0 aliphatic heterocycles. The van der Waals surface area contributed by atoms with E-state index in [0.717, 1.165) is 17.2 Å². The van der Waals surface area contributed by atoms with E-state index in [-0.39, 0.29) is 12.2 Å². The summed E-state index contributed by atoms with van der Waals surface area (Å²) in [5, 5.41) is 11.5. The fourth-order valence-corrected chi connectivity index (χ4v) is 3.89. The minimum atomic E-state index is -0.664. The van der Waals surface area contributed by atoms with Gasteiger partial charge in [0.1, 0.15) is 24.0 Å². The van der Waals surface area contributed by atoms with Crippen LogP contribution in [0.4, 0.5) is 20.2 Å². The number of rotatable bonds is 9. The molecule has 7 heteroatoms. The molecule has 0 atom stereocenters. The van der Waals surface area contributed by atoms with Gasteiger partial charge in [-0.1, -0.05) is 54.6 Å². The molecular weight excluding hydrogens is 450 g/mol. The van der Waals surface area contributed by atoms with Gasteiger partial charge in [0.05, 0.1) is 10.5 Å². The van der Waals surface area contributed by atoms with Gasteiger partial charge in [0.15, 0.2) is 0 Å². The second-order valence-corrected chi connectivity index (χ2v) is 8.19. The predicted molar refractivity (Wildman–Crippen MR) is 131 cm³/mol. The fourth-order valence-electron chi connectivity index (χ4n) is 3.89. The maximum Gasteiger partial charge on any atom is 0.274 e. The van der Waals surface area contributed by atoms with Crippen molar-refractivity contribution in [1.82, 2.24) is 0 Å². The Kier molecular flexibility index (Phi) is 7.35. The van der Waals surface area contributed by atoms with E-state index in [2.05, 4.69) is 0 Å². The molecule has 0 radical (unpaired) electrons. The molecule has 0 spiro atoms. The third-order valence-corrected chi connectivity index (χ3v) is 5.74. The predicted octanol–water partition coefficient (Wildman–Crippen LogP) is 6.97. The first-order chi connectivity index (χ1) is 16.9. The fraction of sp³-hybridized carbons (Fsp3) is 0.143. The van der Waals surface area contributed by atoms with Gasteiger partial charge in [0, 0.05) is 36.5 Å². The summed E-state index contributed by atoms with van der Waals surface area (Å²) in [7, 11) is 0. The van der Waals surface area contributed by atoms with Crippen LogP contribution in [-0.4, -0.2) is 4.92 Å². The van der Waals surface area contributed by atoms with Gasteiger partial charge < -0.3 is 9.64 Å². The molecule has 0 aliphatic carbocycles. The molecule has 5 nitrogen and oxygen atoms in total. The van der Waals surface area contributed by atoms with Crippen molar-refractivity contribution < 1.29 is 18.4 Å². The summed E-state index contributed by atoms with van der Waals surface area (Å²) < 4.78 is 33.7. The smallest absolute Gasteiger partial charge is 0.274 e. The highest BCUT2D eigenvalue weighted by atomic mass is 19.1. The van der Waals surface area contributed by atoms with Gasteiger partial charge in [-0.3, -0.25) is 10.1 Å². The lowest BCUT2D eigenvalue weighted by atomic mass is 10.1. The Morgan fingerprint density at radius 1 is 0.857 bits per heavy atom. The van der Waals surface area contributed by atoms with E-state index < -0.39 is 16.6 Å². The second-order valence-electron chi connectivity index (χ2n) is 8.19. The van der Waals surface area contributed by atoms with Crippen LogP contribution in [0.2, 0.25) is 0 Å². The molecule has 35 heavy (non-hydrogen) atoms. The maximum atomic E-state index is 14.5. The van der Waals surface area contributed by atoms with E-state index in [9.17, 15) is 18.9 Å². The van der Waals surface area contributed by atoms with Crippen LogP contribution in [0.5, 0.6) is 5.75 Å². The van der Waals surface area contributed by atoms with Gasteiger partial charge in [-0.25, -0.2) is 8.78 Å². The molecule has 178 valence electrons. The Bertz CT molecular complexity index is 1310.